The number of benzene rings is 4. The van der Waals surface area contributed by atoms with Crippen LogP contribution in [0.1, 0.15) is 22.7 Å². The van der Waals surface area contributed by atoms with E-state index >= 15 is 0 Å². The summed E-state index contributed by atoms with van der Waals surface area (Å²) in [7, 11) is 0. The van der Waals surface area contributed by atoms with Gasteiger partial charge in [-0.1, -0.05) is 97.1 Å². The van der Waals surface area contributed by atoms with E-state index in [0.717, 1.165) is 54.6 Å². The SMILES string of the molecule is FC(F)(F)c1cccc(-n2cc(-c3ccccc3)c3c(N4CCN(C(c5ccccc5)c5ccccc5)CC4)ncnc32)c1. The first-order chi connectivity index (χ1) is 21.5. The van der Waals surface area contributed by atoms with Crippen molar-refractivity contribution in [2.75, 3.05) is 31.1 Å². The molecule has 2 aromatic heterocycles. The Morgan fingerprint density at radius 1 is 0.659 bits per heavy atom. The van der Waals surface area contributed by atoms with E-state index in [-0.39, 0.29) is 6.04 Å². The number of anilines is 1. The average molecular weight is 590 g/mol. The van der Waals surface area contributed by atoms with Crippen molar-refractivity contribution in [1.29, 1.82) is 0 Å². The molecule has 44 heavy (non-hydrogen) atoms. The predicted molar refractivity (Wildman–Crippen MR) is 168 cm³/mol. The molecule has 0 unspecified atom stereocenters. The van der Waals surface area contributed by atoms with E-state index in [9.17, 15) is 13.2 Å². The van der Waals surface area contributed by atoms with Crippen LogP contribution < -0.4 is 4.90 Å². The Labute approximate surface area is 253 Å². The van der Waals surface area contributed by atoms with Crippen LogP contribution in [0.5, 0.6) is 0 Å². The number of piperazine rings is 1. The highest BCUT2D eigenvalue weighted by Gasteiger charge is 2.32. The number of hydrogen-bond acceptors (Lipinski definition) is 4. The van der Waals surface area contributed by atoms with Crippen molar-refractivity contribution in [3.8, 4) is 16.8 Å². The molecule has 0 aliphatic carbocycles. The van der Waals surface area contributed by atoms with Crippen molar-refractivity contribution >= 4 is 16.9 Å². The molecule has 1 aliphatic heterocycles. The number of fused-ring (bicyclic) bond motifs is 1. The zero-order valence-corrected chi connectivity index (χ0v) is 23.9. The second-order valence-corrected chi connectivity index (χ2v) is 11.0. The number of halogens is 3. The van der Waals surface area contributed by atoms with Gasteiger partial charge in [0.25, 0.3) is 0 Å². The van der Waals surface area contributed by atoms with Gasteiger partial charge in [0.05, 0.1) is 17.0 Å². The molecule has 1 aliphatic rings. The lowest BCUT2D eigenvalue weighted by Gasteiger charge is -2.40. The van der Waals surface area contributed by atoms with E-state index in [2.05, 4.69) is 63.3 Å². The maximum absolute atomic E-state index is 13.6. The first kappa shape index (κ1) is 27.9. The molecule has 8 heteroatoms. The number of alkyl halides is 3. The second-order valence-electron chi connectivity index (χ2n) is 11.0. The highest BCUT2D eigenvalue weighted by atomic mass is 19.4. The summed E-state index contributed by atoms with van der Waals surface area (Å²) in [6.45, 7) is 3.11. The Hall–Kier alpha value is -4.95. The fraction of sp³-hybridized carbons (Fsp3) is 0.167. The summed E-state index contributed by atoms with van der Waals surface area (Å²) < 4.78 is 42.6. The third kappa shape index (κ3) is 5.33. The quantitative estimate of drug-likeness (QED) is 0.197. The topological polar surface area (TPSA) is 37.2 Å². The minimum Gasteiger partial charge on any atom is -0.353 e. The van der Waals surface area contributed by atoms with Gasteiger partial charge in [0.15, 0.2) is 5.65 Å². The van der Waals surface area contributed by atoms with Crippen LogP contribution in [0.4, 0.5) is 19.0 Å². The van der Waals surface area contributed by atoms with Crippen LogP contribution in [0.15, 0.2) is 128 Å². The van der Waals surface area contributed by atoms with Gasteiger partial charge in [-0.05, 0) is 34.9 Å². The van der Waals surface area contributed by atoms with Crippen molar-refractivity contribution < 1.29 is 13.2 Å². The van der Waals surface area contributed by atoms with E-state index in [4.69, 9.17) is 4.98 Å². The van der Waals surface area contributed by atoms with Gasteiger partial charge in [-0.25, -0.2) is 9.97 Å². The fourth-order valence-corrected chi connectivity index (χ4v) is 6.23. The minimum absolute atomic E-state index is 0.131. The van der Waals surface area contributed by atoms with Crippen molar-refractivity contribution in [3.05, 3.63) is 144 Å². The average Bonchev–Trinajstić information content (AvgIpc) is 3.47. The van der Waals surface area contributed by atoms with E-state index < -0.39 is 11.7 Å². The molecular weight excluding hydrogens is 559 g/mol. The van der Waals surface area contributed by atoms with Crippen LogP contribution in [0.3, 0.4) is 0 Å². The lowest BCUT2D eigenvalue weighted by Crippen LogP contribution is -2.48. The third-order valence-corrected chi connectivity index (χ3v) is 8.31. The summed E-state index contributed by atoms with van der Waals surface area (Å²) in [5.74, 6) is 0.787. The summed E-state index contributed by atoms with van der Waals surface area (Å²) in [6, 6.07) is 36.5. The Morgan fingerprint density at radius 3 is 1.89 bits per heavy atom. The second kappa shape index (κ2) is 11.6. The molecule has 1 fully saturated rings. The molecule has 5 nitrogen and oxygen atoms in total. The largest absolute Gasteiger partial charge is 0.416 e. The molecule has 0 atom stereocenters. The lowest BCUT2D eigenvalue weighted by molar-refractivity contribution is -0.137. The van der Waals surface area contributed by atoms with Gasteiger partial charge >= 0.3 is 6.18 Å². The molecule has 220 valence electrons. The maximum Gasteiger partial charge on any atom is 0.416 e. The van der Waals surface area contributed by atoms with Crippen LogP contribution in [0.25, 0.3) is 27.8 Å². The van der Waals surface area contributed by atoms with Crippen LogP contribution >= 0.6 is 0 Å². The number of nitrogens with zero attached hydrogens (tertiary/aromatic N) is 5. The first-order valence-corrected chi connectivity index (χ1v) is 14.7. The highest BCUT2D eigenvalue weighted by molar-refractivity contribution is 6.02. The van der Waals surface area contributed by atoms with Gasteiger partial charge < -0.3 is 9.47 Å². The Balaban J connectivity index is 1.27. The van der Waals surface area contributed by atoms with Gasteiger partial charge in [0.1, 0.15) is 12.1 Å². The van der Waals surface area contributed by atoms with Crippen LogP contribution in [-0.2, 0) is 6.18 Å². The highest BCUT2D eigenvalue weighted by Crippen LogP contribution is 2.39. The van der Waals surface area contributed by atoms with Crippen molar-refractivity contribution in [1.82, 2.24) is 19.4 Å². The minimum atomic E-state index is -4.45. The number of aromatic nitrogens is 3. The Bertz CT molecular complexity index is 1820. The fourth-order valence-electron chi connectivity index (χ4n) is 6.23. The maximum atomic E-state index is 13.6. The molecule has 0 amide bonds. The summed E-state index contributed by atoms with van der Waals surface area (Å²) in [6.07, 6.45) is -1.05. The van der Waals surface area contributed by atoms with E-state index in [1.165, 1.54) is 29.6 Å². The van der Waals surface area contributed by atoms with Crippen LogP contribution in [0, 0.1) is 0 Å². The summed E-state index contributed by atoms with van der Waals surface area (Å²) in [4.78, 5) is 14.2. The molecule has 3 heterocycles. The van der Waals surface area contributed by atoms with Gasteiger partial charge in [0, 0.05) is 43.6 Å². The molecule has 4 aromatic carbocycles. The molecule has 0 N–H and O–H groups in total. The molecule has 0 radical (unpaired) electrons. The summed E-state index contributed by atoms with van der Waals surface area (Å²) in [5.41, 5.74) is 4.60. The zero-order valence-electron chi connectivity index (χ0n) is 23.9. The predicted octanol–water partition coefficient (Wildman–Crippen LogP) is 8.02. The molecule has 0 saturated carbocycles. The van der Waals surface area contributed by atoms with Crippen molar-refractivity contribution in [2.45, 2.75) is 12.2 Å². The summed E-state index contributed by atoms with van der Waals surface area (Å²) >= 11 is 0. The van der Waals surface area contributed by atoms with Crippen molar-refractivity contribution in [3.63, 3.8) is 0 Å². The molecule has 7 rings (SSSR count). The van der Waals surface area contributed by atoms with E-state index in [1.54, 1.807) is 10.6 Å². The molecule has 6 aromatic rings. The lowest BCUT2D eigenvalue weighted by atomic mass is 9.96. The third-order valence-electron chi connectivity index (χ3n) is 8.31. The van der Waals surface area contributed by atoms with Gasteiger partial charge in [0.2, 0.25) is 0 Å². The van der Waals surface area contributed by atoms with E-state index in [1.807, 2.05) is 48.7 Å². The van der Waals surface area contributed by atoms with Crippen molar-refractivity contribution in [2.24, 2.45) is 0 Å². The number of rotatable bonds is 6. The first-order valence-electron chi connectivity index (χ1n) is 14.7. The van der Waals surface area contributed by atoms with Gasteiger partial charge in [-0.3, -0.25) is 4.90 Å². The summed E-state index contributed by atoms with van der Waals surface area (Å²) in [5, 5.41) is 0.826. The smallest absolute Gasteiger partial charge is 0.353 e. The van der Waals surface area contributed by atoms with Gasteiger partial charge in [-0.15, -0.1) is 0 Å². The molecule has 1 saturated heterocycles. The molecule has 0 bridgehead atoms. The van der Waals surface area contributed by atoms with E-state index in [0.29, 0.717) is 11.3 Å². The normalized spacial score (nSPS) is 14.4. The number of hydrogen-bond donors (Lipinski definition) is 0. The van der Waals surface area contributed by atoms with Gasteiger partial charge in [-0.2, -0.15) is 13.2 Å². The molecular formula is C36H30F3N5. The zero-order chi connectivity index (χ0) is 30.1. The van der Waals surface area contributed by atoms with Crippen LogP contribution in [-0.4, -0.2) is 45.6 Å². The molecule has 0 spiro atoms. The standard InChI is InChI=1S/C36H30F3N5/c37-36(38,39)29-17-10-18-30(23-29)44-24-31(26-11-4-1-5-12-26)32-34(40-25-41-35(32)44)43-21-19-42(20-22-43)33(27-13-6-2-7-14-27)28-15-8-3-9-16-28/h1-18,23-25,33H,19-22H2. The van der Waals surface area contributed by atoms with Crippen LogP contribution in [0.2, 0.25) is 0 Å². The Morgan fingerprint density at radius 2 is 1.27 bits per heavy atom. The Kier molecular flexibility index (Phi) is 7.36. The monoisotopic (exact) mass is 589 g/mol.